The zero-order valence-electron chi connectivity index (χ0n) is 17.2. The van der Waals surface area contributed by atoms with Crippen molar-refractivity contribution in [1.82, 2.24) is 20.4 Å². The van der Waals surface area contributed by atoms with Crippen LogP contribution < -0.4 is 10.6 Å². The van der Waals surface area contributed by atoms with Gasteiger partial charge in [0, 0.05) is 50.6 Å². The summed E-state index contributed by atoms with van der Waals surface area (Å²) in [4.78, 5) is 29.1. The van der Waals surface area contributed by atoms with E-state index in [1.807, 2.05) is 11.9 Å². The van der Waals surface area contributed by atoms with E-state index >= 15 is 0 Å². The molecular weight excluding hydrogens is 359 g/mol. The minimum Gasteiger partial charge on any atom is -0.351 e. The van der Waals surface area contributed by atoms with Gasteiger partial charge >= 0.3 is 0 Å². The van der Waals surface area contributed by atoms with Crippen LogP contribution in [0.3, 0.4) is 0 Å². The van der Waals surface area contributed by atoms with E-state index in [1.165, 1.54) is 0 Å². The number of rotatable bonds is 3. The standard InChI is InChI=1S/C21H35FN4O2/c1-13-5-6-17(22)16-11-18(24-20(13)16)21(28)23-14-4-3-8-26(12-14)15-7-9-25(2)19(27)10-15/h13-18,20,24H,3-12H2,1-2H3,(H,23,28). The van der Waals surface area contributed by atoms with Crippen LogP contribution in [0.5, 0.6) is 0 Å². The normalized spacial score (nSPS) is 42.3. The lowest BCUT2D eigenvalue weighted by Crippen LogP contribution is -2.56. The van der Waals surface area contributed by atoms with E-state index in [9.17, 15) is 14.0 Å². The number of piperidine rings is 2. The molecule has 6 nitrogen and oxygen atoms in total. The number of amides is 2. The fraction of sp³-hybridized carbons (Fsp3) is 0.905. The van der Waals surface area contributed by atoms with Gasteiger partial charge in [0.2, 0.25) is 11.8 Å². The lowest BCUT2D eigenvalue weighted by atomic mass is 9.77. The number of nitrogens with one attached hydrogen (secondary N) is 2. The molecule has 4 rings (SSSR count). The van der Waals surface area contributed by atoms with Crippen molar-refractivity contribution in [3.05, 3.63) is 0 Å². The maximum atomic E-state index is 14.3. The van der Waals surface area contributed by atoms with Gasteiger partial charge in [0.15, 0.2) is 0 Å². The third-order valence-corrected chi connectivity index (χ3v) is 7.60. The molecule has 3 saturated heterocycles. The van der Waals surface area contributed by atoms with Crippen LogP contribution >= 0.6 is 0 Å². The van der Waals surface area contributed by atoms with Crippen LogP contribution in [0.25, 0.3) is 0 Å². The van der Waals surface area contributed by atoms with Crippen LogP contribution in [0.2, 0.25) is 0 Å². The first-order chi connectivity index (χ1) is 13.4. The third kappa shape index (κ3) is 4.06. The second-order valence-corrected chi connectivity index (χ2v) is 9.52. The van der Waals surface area contributed by atoms with Gasteiger partial charge in [0.1, 0.15) is 6.17 Å². The van der Waals surface area contributed by atoms with Gasteiger partial charge in [-0.1, -0.05) is 6.92 Å². The minimum atomic E-state index is -0.779. The van der Waals surface area contributed by atoms with Crippen molar-refractivity contribution >= 4 is 11.8 Å². The molecule has 2 N–H and O–H groups in total. The zero-order valence-corrected chi connectivity index (χ0v) is 17.2. The molecule has 4 fully saturated rings. The summed E-state index contributed by atoms with van der Waals surface area (Å²) in [5.74, 6) is 0.657. The van der Waals surface area contributed by atoms with E-state index in [0.29, 0.717) is 31.2 Å². The topological polar surface area (TPSA) is 64.7 Å². The molecule has 158 valence electrons. The molecule has 7 atom stereocenters. The third-order valence-electron chi connectivity index (χ3n) is 7.60. The SMILES string of the molecule is CC1CCC(F)C2CC(C(=O)NC3CCCN(C4CCN(C)C(=O)C4)C3)NC12. The highest BCUT2D eigenvalue weighted by molar-refractivity contribution is 5.82. The Morgan fingerprint density at radius 2 is 2.04 bits per heavy atom. The maximum absolute atomic E-state index is 14.3. The smallest absolute Gasteiger partial charge is 0.237 e. The number of alkyl halides is 1. The summed E-state index contributed by atoms with van der Waals surface area (Å²) in [5.41, 5.74) is 0. The summed E-state index contributed by atoms with van der Waals surface area (Å²) in [6.45, 7) is 4.79. The van der Waals surface area contributed by atoms with E-state index < -0.39 is 6.17 Å². The maximum Gasteiger partial charge on any atom is 0.237 e. The van der Waals surface area contributed by atoms with Crippen LogP contribution in [0, 0.1) is 11.8 Å². The highest BCUT2D eigenvalue weighted by Gasteiger charge is 2.46. The van der Waals surface area contributed by atoms with Crippen LogP contribution in [0.15, 0.2) is 0 Å². The van der Waals surface area contributed by atoms with E-state index in [2.05, 4.69) is 22.5 Å². The molecular formula is C21H35FN4O2. The molecule has 1 aliphatic carbocycles. The second kappa shape index (κ2) is 8.27. The first kappa shape index (κ1) is 20.1. The van der Waals surface area contributed by atoms with Gasteiger partial charge < -0.3 is 15.5 Å². The Morgan fingerprint density at radius 1 is 1.21 bits per heavy atom. The number of likely N-dealkylation sites (tertiary alicyclic amines) is 2. The second-order valence-electron chi connectivity index (χ2n) is 9.52. The summed E-state index contributed by atoms with van der Waals surface area (Å²) < 4.78 is 14.3. The molecule has 0 aromatic carbocycles. The summed E-state index contributed by atoms with van der Waals surface area (Å²) in [6.07, 6.45) is 4.97. The molecule has 0 radical (unpaired) electrons. The number of fused-ring (bicyclic) bond motifs is 1. The number of nitrogens with zero attached hydrogens (tertiary/aromatic N) is 2. The van der Waals surface area contributed by atoms with Crippen molar-refractivity contribution in [3.8, 4) is 0 Å². The van der Waals surface area contributed by atoms with Crippen molar-refractivity contribution < 1.29 is 14.0 Å². The Bertz CT molecular complexity index is 585. The Balaban J connectivity index is 1.30. The summed E-state index contributed by atoms with van der Waals surface area (Å²) in [5, 5.41) is 6.66. The van der Waals surface area contributed by atoms with Crippen molar-refractivity contribution in [2.24, 2.45) is 11.8 Å². The molecule has 4 aliphatic rings. The fourth-order valence-corrected chi connectivity index (χ4v) is 5.80. The number of carbonyl (C=O) groups excluding carboxylic acids is 2. The largest absolute Gasteiger partial charge is 0.351 e. The molecule has 0 aromatic rings. The number of hydrogen-bond acceptors (Lipinski definition) is 4. The van der Waals surface area contributed by atoms with Crippen molar-refractivity contribution in [2.45, 2.75) is 82.2 Å². The van der Waals surface area contributed by atoms with E-state index in [0.717, 1.165) is 45.3 Å². The van der Waals surface area contributed by atoms with Gasteiger partial charge in [-0.2, -0.15) is 0 Å². The van der Waals surface area contributed by atoms with E-state index in [-0.39, 0.29) is 35.9 Å². The molecule has 0 bridgehead atoms. The number of halogens is 1. The van der Waals surface area contributed by atoms with E-state index in [4.69, 9.17) is 0 Å². The molecule has 2 amide bonds. The molecule has 3 heterocycles. The summed E-state index contributed by atoms with van der Waals surface area (Å²) in [6, 6.07) is 0.282. The minimum absolute atomic E-state index is 0.0207. The van der Waals surface area contributed by atoms with Gasteiger partial charge in [-0.15, -0.1) is 0 Å². The number of hydrogen-bond donors (Lipinski definition) is 2. The molecule has 0 aromatic heterocycles. The predicted molar refractivity (Wildman–Crippen MR) is 106 cm³/mol. The first-order valence-corrected chi connectivity index (χ1v) is 11.1. The van der Waals surface area contributed by atoms with Crippen molar-refractivity contribution in [1.29, 1.82) is 0 Å². The average Bonchev–Trinajstić information content (AvgIpc) is 3.14. The van der Waals surface area contributed by atoms with Crippen LogP contribution in [0.4, 0.5) is 4.39 Å². The van der Waals surface area contributed by atoms with Gasteiger partial charge in [-0.25, -0.2) is 4.39 Å². The van der Waals surface area contributed by atoms with Crippen molar-refractivity contribution in [2.75, 3.05) is 26.7 Å². The molecule has 7 unspecified atom stereocenters. The Morgan fingerprint density at radius 3 is 2.79 bits per heavy atom. The highest BCUT2D eigenvalue weighted by atomic mass is 19.1. The zero-order chi connectivity index (χ0) is 19.8. The highest BCUT2D eigenvalue weighted by Crippen LogP contribution is 2.38. The molecule has 3 aliphatic heterocycles. The fourth-order valence-electron chi connectivity index (χ4n) is 5.80. The molecule has 7 heteroatoms. The predicted octanol–water partition coefficient (Wildman–Crippen LogP) is 1.30. The van der Waals surface area contributed by atoms with Gasteiger partial charge in [0.05, 0.1) is 6.04 Å². The van der Waals surface area contributed by atoms with Gasteiger partial charge in [0.25, 0.3) is 0 Å². The average molecular weight is 395 g/mol. The van der Waals surface area contributed by atoms with E-state index in [1.54, 1.807) is 0 Å². The van der Waals surface area contributed by atoms with Crippen molar-refractivity contribution in [3.63, 3.8) is 0 Å². The lowest BCUT2D eigenvalue weighted by Gasteiger charge is -2.41. The lowest BCUT2D eigenvalue weighted by molar-refractivity contribution is -0.134. The molecule has 28 heavy (non-hydrogen) atoms. The monoisotopic (exact) mass is 394 g/mol. The number of carbonyl (C=O) groups is 2. The molecule has 0 spiro atoms. The van der Waals surface area contributed by atoms with Gasteiger partial charge in [-0.05, 0) is 51.0 Å². The molecule has 1 saturated carbocycles. The summed E-state index contributed by atoms with van der Waals surface area (Å²) >= 11 is 0. The van der Waals surface area contributed by atoms with Gasteiger partial charge in [-0.3, -0.25) is 14.5 Å². The summed E-state index contributed by atoms with van der Waals surface area (Å²) in [7, 11) is 1.87. The quantitative estimate of drug-likeness (QED) is 0.758. The first-order valence-electron chi connectivity index (χ1n) is 11.1. The Kier molecular flexibility index (Phi) is 5.93. The van der Waals surface area contributed by atoms with Crippen LogP contribution in [-0.4, -0.2) is 78.6 Å². The Hall–Kier alpha value is -1.21. The van der Waals surface area contributed by atoms with Crippen LogP contribution in [0.1, 0.15) is 51.9 Å². The Labute approximate surface area is 167 Å². The van der Waals surface area contributed by atoms with Crippen LogP contribution in [-0.2, 0) is 9.59 Å².